The van der Waals surface area contributed by atoms with Crippen LogP contribution in [0.25, 0.3) is 11.0 Å². The predicted molar refractivity (Wildman–Crippen MR) is 113 cm³/mol. The highest BCUT2D eigenvalue weighted by Gasteiger charge is 2.20. The molecule has 0 aliphatic heterocycles. The molecule has 1 N–H and O–H groups in total. The standard InChI is InChI=1S/C24H24N2O3/c1-3-26-20-12-8-7-11-19(20)25-24(26)23(27)18-13-14-21(22(15-18)28-2)29-16-17-9-5-4-6-10-17/h4-15,23,27H,3,16H2,1-2H3/t23-/m0/s1. The molecular formula is C24H24N2O3. The molecule has 5 nitrogen and oxygen atoms in total. The molecule has 0 saturated heterocycles. The van der Waals surface area contributed by atoms with Crippen molar-refractivity contribution in [3.05, 3.63) is 89.7 Å². The molecule has 4 rings (SSSR count). The van der Waals surface area contributed by atoms with Crippen molar-refractivity contribution >= 4 is 11.0 Å². The van der Waals surface area contributed by atoms with Crippen LogP contribution >= 0.6 is 0 Å². The number of aliphatic hydroxyl groups is 1. The van der Waals surface area contributed by atoms with Crippen LogP contribution in [-0.2, 0) is 13.2 Å². The Bertz CT molecular complexity index is 1110. The number of nitrogens with zero attached hydrogens (tertiary/aromatic N) is 2. The van der Waals surface area contributed by atoms with Gasteiger partial charge in [0.1, 0.15) is 18.5 Å². The average molecular weight is 388 g/mol. The molecule has 5 heteroatoms. The van der Waals surface area contributed by atoms with Crippen molar-refractivity contribution in [2.45, 2.75) is 26.2 Å². The molecule has 0 aliphatic rings. The topological polar surface area (TPSA) is 56.5 Å². The number of ether oxygens (including phenoxy) is 2. The maximum atomic E-state index is 11.0. The van der Waals surface area contributed by atoms with Crippen LogP contribution in [-0.4, -0.2) is 21.8 Å². The fraction of sp³-hybridized carbons (Fsp3) is 0.208. The van der Waals surface area contributed by atoms with Gasteiger partial charge in [-0.2, -0.15) is 0 Å². The van der Waals surface area contributed by atoms with Crippen molar-refractivity contribution < 1.29 is 14.6 Å². The van der Waals surface area contributed by atoms with Gasteiger partial charge in [-0.1, -0.05) is 48.5 Å². The van der Waals surface area contributed by atoms with E-state index < -0.39 is 6.10 Å². The maximum Gasteiger partial charge on any atom is 0.161 e. The molecule has 0 aliphatic carbocycles. The summed E-state index contributed by atoms with van der Waals surface area (Å²) in [5, 5.41) is 11.0. The van der Waals surface area contributed by atoms with E-state index in [4.69, 9.17) is 9.47 Å². The van der Waals surface area contributed by atoms with E-state index in [1.165, 1.54) is 0 Å². The summed E-state index contributed by atoms with van der Waals surface area (Å²) in [6.07, 6.45) is -0.862. The second kappa shape index (κ2) is 8.37. The van der Waals surface area contributed by atoms with E-state index in [9.17, 15) is 5.11 Å². The quantitative estimate of drug-likeness (QED) is 0.497. The highest BCUT2D eigenvalue weighted by atomic mass is 16.5. The number of aryl methyl sites for hydroxylation is 1. The zero-order valence-electron chi connectivity index (χ0n) is 16.6. The zero-order chi connectivity index (χ0) is 20.2. The van der Waals surface area contributed by atoms with Gasteiger partial charge >= 0.3 is 0 Å². The van der Waals surface area contributed by atoms with Gasteiger partial charge in [0.15, 0.2) is 11.5 Å². The summed E-state index contributed by atoms with van der Waals surface area (Å²) in [6.45, 7) is 3.22. The number of rotatable bonds is 7. The normalized spacial score (nSPS) is 12.1. The summed E-state index contributed by atoms with van der Waals surface area (Å²) >= 11 is 0. The Hall–Kier alpha value is -3.31. The van der Waals surface area contributed by atoms with Gasteiger partial charge in [0, 0.05) is 6.54 Å². The van der Waals surface area contributed by atoms with Gasteiger partial charge in [-0.05, 0) is 42.3 Å². The molecule has 0 bridgehead atoms. The predicted octanol–water partition coefficient (Wildman–Crippen LogP) is 4.73. The first kappa shape index (κ1) is 19.0. The number of imidazole rings is 1. The largest absolute Gasteiger partial charge is 0.493 e. The Kier molecular flexibility index (Phi) is 5.49. The van der Waals surface area contributed by atoms with Crippen LogP contribution in [0, 0.1) is 0 Å². The van der Waals surface area contributed by atoms with Crippen molar-refractivity contribution in [3.8, 4) is 11.5 Å². The molecule has 0 fully saturated rings. The first-order chi connectivity index (χ1) is 14.2. The first-order valence-corrected chi connectivity index (χ1v) is 9.69. The number of aromatic nitrogens is 2. The van der Waals surface area contributed by atoms with Crippen LogP contribution < -0.4 is 9.47 Å². The molecule has 3 aromatic carbocycles. The Morgan fingerprint density at radius 3 is 2.48 bits per heavy atom. The number of benzene rings is 3. The Morgan fingerprint density at radius 1 is 0.966 bits per heavy atom. The third-order valence-corrected chi connectivity index (χ3v) is 4.99. The minimum atomic E-state index is -0.862. The van der Waals surface area contributed by atoms with Crippen molar-refractivity contribution in [2.75, 3.05) is 7.11 Å². The molecule has 0 amide bonds. The molecule has 1 aromatic heterocycles. The minimum absolute atomic E-state index is 0.449. The van der Waals surface area contributed by atoms with Gasteiger partial charge in [0.2, 0.25) is 0 Å². The second-order valence-corrected chi connectivity index (χ2v) is 6.79. The van der Waals surface area contributed by atoms with Gasteiger partial charge < -0.3 is 19.1 Å². The van der Waals surface area contributed by atoms with Crippen molar-refractivity contribution in [3.63, 3.8) is 0 Å². The lowest BCUT2D eigenvalue weighted by Gasteiger charge is -2.16. The Balaban J connectivity index is 1.62. The van der Waals surface area contributed by atoms with E-state index in [0.29, 0.717) is 29.5 Å². The van der Waals surface area contributed by atoms with Crippen LogP contribution in [0.2, 0.25) is 0 Å². The van der Waals surface area contributed by atoms with Crippen LogP contribution in [0.4, 0.5) is 0 Å². The molecule has 0 radical (unpaired) electrons. The molecule has 1 atom stereocenters. The van der Waals surface area contributed by atoms with Gasteiger partial charge in [0.25, 0.3) is 0 Å². The Labute approximate surface area is 170 Å². The van der Waals surface area contributed by atoms with E-state index in [1.807, 2.05) is 84.3 Å². The number of aliphatic hydroxyl groups excluding tert-OH is 1. The monoisotopic (exact) mass is 388 g/mol. The third kappa shape index (κ3) is 3.82. The summed E-state index contributed by atoms with van der Waals surface area (Å²) in [4.78, 5) is 4.65. The highest BCUT2D eigenvalue weighted by Crippen LogP contribution is 2.33. The smallest absolute Gasteiger partial charge is 0.161 e. The second-order valence-electron chi connectivity index (χ2n) is 6.79. The van der Waals surface area contributed by atoms with Crippen molar-refractivity contribution in [1.82, 2.24) is 9.55 Å². The molecule has 4 aromatic rings. The molecular weight excluding hydrogens is 364 g/mol. The van der Waals surface area contributed by atoms with Crippen LogP contribution in [0.5, 0.6) is 11.5 Å². The molecule has 1 heterocycles. The number of hydrogen-bond acceptors (Lipinski definition) is 4. The lowest BCUT2D eigenvalue weighted by Crippen LogP contribution is -2.09. The summed E-state index contributed by atoms with van der Waals surface area (Å²) in [5.74, 6) is 1.83. The first-order valence-electron chi connectivity index (χ1n) is 9.69. The third-order valence-electron chi connectivity index (χ3n) is 4.99. The van der Waals surface area contributed by atoms with E-state index >= 15 is 0 Å². The summed E-state index contributed by atoms with van der Waals surface area (Å²) in [6, 6.07) is 23.4. The maximum absolute atomic E-state index is 11.0. The molecule has 0 unspecified atom stereocenters. The SMILES string of the molecule is CCn1c([C@@H](O)c2ccc(OCc3ccccc3)c(OC)c2)nc2ccccc21. The van der Waals surface area contributed by atoms with Gasteiger partial charge in [-0.3, -0.25) is 0 Å². The summed E-state index contributed by atoms with van der Waals surface area (Å²) in [5.41, 5.74) is 3.67. The van der Waals surface area contributed by atoms with Crippen molar-refractivity contribution in [1.29, 1.82) is 0 Å². The molecule has 0 spiro atoms. The van der Waals surface area contributed by atoms with Gasteiger partial charge in [0.05, 0.1) is 18.1 Å². The van der Waals surface area contributed by atoms with Crippen LogP contribution in [0.15, 0.2) is 72.8 Å². The summed E-state index contributed by atoms with van der Waals surface area (Å²) < 4.78 is 13.5. The van der Waals surface area contributed by atoms with Crippen molar-refractivity contribution in [2.24, 2.45) is 0 Å². The summed E-state index contributed by atoms with van der Waals surface area (Å²) in [7, 11) is 1.60. The lowest BCUT2D eigenvalue weighted by molar-refractivity contribution is 0.204. The molecule has 29 heavy (non-hydrogen) atoms. The Morgan fingerprint density at radius 2 is 1.72 bits per heavy atom. The fourth-order valence-corrected chi connectivity index (χ4v) is 3.49. The fourth-order valence-electron chi connectivity index (χ4n) is 3.49. The van der Waals surface area contributed by atoms with E-state index in [1.54, 1.807) is 7.11 Å². The lowest BCUT2D eigenvalue weighted by atomic mass is 10.1. The number of methoxy groups -OCH3 is 1. The minimum Gasteiger partial charge on any atom is -0.493 e. The number of hydrogen-bond donors (Lipinski definition) is 1. The van der Waals surface area contributed by atoms with Crippen LogP contribution in [0.3, 0.4) is 0 Å². The molecule has 0 saturated carbocycles. The number of fused-ring (bicyclic) bond motifs is 1. The van der Waals surface area contributed by atoms with E-state index in [2.05, 4.69) is 4.98 Å². The highest BCUT2D eigenvalue weighted by molar-refractivity contribution is 5.76. The van der Waals surface area contributed by atoms with Gasteiger partial charge in [-0.15, -0.1) is 0 Å². The van der Waals surface area contributed by atoms with E-state index in [-0.39, 0.29) is 0 Å². The zero-order valence-corrected chi connectivity index (χ0v) is 16.6. The molecule has 148 valence electrons. The van der Waals surface area contributed by atoms with E-state index in [0.717, 1.165) is 23.1 Å². The average Bonchev–Trinajstić information content (AvgIpc) is 3.16. The number of para-hydroxylation sites is 2. The van der Waals surface area contributed by atoms with Gasteiger partial charge in [-0.25, -0.2) is 4.98 Å². The van der Waals surface area contributed by atoms with Crippen LogP contribution in [0.1, 0.15) is 30.0 Å².